The van der Waals surface area contributed by atoms with Crippen LogP contribution in [-0.2, 0) is 11.0 Å². The fourth-order valence-electron chi connectivity index (χ4n) is 3.84. The van der Waals surface area contributed by atoms with E-state index in [9.17, 15) is 22.8 Å². The molecule has 0 saturated heterocycles. The molecule has 1 aromatic heterocycles. The number of para-hydroxylation sites is 1. The van der Waals surface area contributed by atoms with Crippen LogP contribution in [0.1, 0.15) is 11.3 Å². The lowest BCUT2D eigenvalue weighted by Gasteiger charge is -2.14. The summed E-state index contributed by atoms with van der Waals surface area (Å²) < 4.78 is 57.0. The van der Waals surface area contributed by atoms with Crippen molar-refractivity contribution in [3.8, 4) is 17.2 Å². The standard InChI is InChI=1S/C29H16ClF3O5/c30-22-10-3-4-11-23(22)37-27-26(35)21-14-13-19(16-24(21)38-28(27)29(31,32)33)36-25(34)15-12-18-8-5-7-17-6-1-2-9-20(17)18/h1-16H. The second-order valence-electron chi connectivity index (χ2n) is 8.10. The normalized spacial score (nSPS) is 11.8. The van der Waals surface area contributed by atoms with Crippen molar-refractivity contribution in [1.82, 2.24) is 0 Å². The molecule has 0 aliphatic heterocycles. The molecule has 0 spiro atoms. The third-order valence-electron chi connectivity index (χ3n) is 5.57. The van der Waals surface area contributed by atoms with E-state index in [2.05, 4.69) is 0 Å². The summed E-state index contributed by atoms with van der Waals surface area (Å²) in [7, 11) is 0. The van der Waals surface area contributed by atoms with Gasteiger partial charge in [0, 0.05) is 12.1 Å². The van der Waals surface area contributed by atoms with Gasteiger partial charge < -0.3 is 13.9 Å². The molecule has 0 unspecified atom stereocenters. The number of fused-ring (bicyclic) bond motifs is 2. The van der Waals surface area contributed by atoms with E-state index in [4.69, 9.17) is 25.5 Å². The number of carbonyl (C=O) groups is 1. The highest BCUT2D eigenvalue weighted by Gasteiger charge is 2.40. The zero-order valence-corrected chi connectivity index (χ0v) is 20.0. The van der Waals surface area contributed by atoms with Gasteiger partial charge in [0.1, 0.15) is 17.1 Å². The van der Waals surface area contributed by atoms with Gasteiger partial charge in [0.05, 0.1) is 10.4 Å². The van der Waals surface area contributed by atoms with Crippen LogP contribution in [0, 0.1) is 0 Å². The van der Waals surface area contributed by atoms with E-state index in [-0.39, 0.29) is 21.9 Å². The highest BCUT2D eigenvalue weighted by atomic mass is 35.5. The molecule has 5 aromatic rings. The molecule has 5 rings (SSSR count). The molecular formula is C29H16ClF3O5. The molecule has 0 fully saturated rings. The molecule has 0 atom stereocenters. The van der Waals surface area contributed by atoms with Crippen molar-refractivity contribution < 1.29 is 31.9 Å². The van der Waals surface area contributed by atoms with Crippen LogP contribution in [0.25, 0.3) is 27.8 Å². The van der Waals surface area contributed by atoms with Crippen molar-refractivity contribution in [3.63, 3.8) is 0 Å². The predicted octanol–water partition coefficient (Wildman–Crippen LogP) is 8.03. The minimum atomic E-state index is -5.06. The van der Waals surface area contributed by atoms with E-state index >= 15 is 0 Å². The third-order valence-corrected chi connectivity index (χ3v) is 5.88. The zero-order valence-electron chi connectivity index (χ0n) is 19.3. The lowest BCUT2D eigenvalue weighted by atomic mass is 10.0. The fraction of sp³-hybridized carbons (Fsp3) is 0.0345. The molecule has 1 heterocycles. The summed E-state index contributed by atoms with van der Waals surface area (Å²) in [6, 6.07) is 22.5. The Hall–Kier alpha value is -4.56. The Morgan fingerprint density at radius 2 is 1.63 bits per heavy atom. The van der Waals surface area contributed by atoms with E-state index in [1.54, 1.807) is 12.1 Å². The van der Waals surface area contributed by atoms with Crippen LogP contribution >= 0.6 is 11.6 Å². The van der Waals surface area contributed by atoms with E-state index in [0.29, 0.717) is 0 Å². The highest BCUT2D eigenvalue weighted by molar-refractivity contribution is 6.32. The monoisotopic (exact) mass is 536 g/mol. The highest BCUT2D eigenvalue weighted by Crippen LogP contribution is 2.39. The SMILES string of the molecule is O=C(C=Cc1cccc2ccccc12)Oc1ccc2c(=O)c(Oc3ccccc3Cl)c(C(F)(F)F)oc2c1. The summed E-state index contributed by atoms with van der Waals surface area (Å²) in [6.07, 6.45) is -2.28. The largest absolute Gasteiger partial charge is 0.453 e. The molecule has 190 valence electrons. The minimum absolute atomic E-state index is 0.0129. The van der Waals surface area contributed by atoms with Gasteiger partial charge in [-0.3, -0.25) is 4.79 Å². The number of hydrogen-bond acceptors (Lipinski definition) is 5. The molecule has 4 aromatic carbocycles. The molecule has 5 nitrogen and oxygen atoms in total. The number of rotatable bonds is 5. The number of hydrogen-bond donors (Lipinski definition) is 0. The van der Waals surface area contributed by atoms with Gasteiger partial charge >= 0.3 is 12.1 Å². The lowest BCUT2D eigenvalue weighted by Crippen LogP contribution is -2.15. The zero-order chi connectivity index (χ0) is 26.9. The van der Waals surface area contributed by atoms with Gasteiger partial charge in [-0.1, -0.05) is 66.2 Å². The third kappa shape index (κ3) is 5.12. The molecule has 0 radical (unpaired) electrons. The number of ether oxygens (including phenoxy) is 2. The molecule has 0 saturated carbocycles. The summed E-state index contributed by atoms with van der Waals surface area (Å²) in [5.74, 6) is -3.72. The first-order valence-corrected chi connectivity index (χ1v) is 11.6. The molecule has 0 N–H and O–H groups in total. The number of halogens is 4. The average Bonchev–Trinajstić information content (AvgIpc) is 2.89. The number of alkyl halides is 3. The maximum absolute atomic E-state index is 13.8. The first-order valence-electron chi connectivity index (χ1n) is 11.2. The van der Waals surface area contributed by atoms with Gasteiger partial charge in [-0.2, -0.15) is 13.2 Å². The quantitative estimate of drug-likeness (QED) is 0.129. The first kappa shape index (κ1) is 25.1. The molecule has 0 aliphatic rings. The van der Waals surface area contributed by atoms with Crippen LogP contribution in [0.2, 0.25) is 5.02 Å². The van der Waals surface area contributed by atoms with Crippen LogP contribution in [0.4, 0.5) is 13.2 Å². The van der Waals surface area contributed by atoms with Crippen molar-refractivity contribution in [2.75, 3.05) is 0 Å². The van der Waals surface area contributed by atoms with Gasteiger partial charge in [-0.25, -0.2) is 4.79 Å². The van der Waals surface area contributed by atoms with E-state index < -0.39 is 34.7 Å². The van der Waals surface area contributed by atoms with Gasteiger partial charge in [0.2, 0.25) is 11.2 Å². The lowest BCUT2D eigenvalue weighted by molar-refractivity contribution is -0.154. The van der Waals surface area contributed by atoms with Gasteiger partial charge in [0.15, 0.2) is 0 Å². The Morgan fingerprint density at radius 3 is 2.42 bits per heavy atom. The van der Waals surface area contributed by atoms with Crippen molar-refractivity contribution in [3.05, 3.63) is 118 Å². The van der Waals surface area contributed by atoms with Gasteiger partial charge in [0.25, 0.3) is 5.76 Å². The number of benzene rings is 4. The van der Waals surface area contributed by atoms with Crippen molar-refractivity contribution >= 4 is 45.4 Å². The molecule has 0 bridgehead atoms. The van der Waals surface area contributed by atoms with Crippen molar-refractivity contribution in [2.24, 2.45) is 0 Å². The fourth-order valence-corrected chi connectivity index (χ4v) is 4.01. The summed E-state index contributed by atoms with van der Waals surface area (Å²) in [6.45, 7) is 0. The average molecular weight is 537 g/mol. The Morgan fingerprint density at radius 1 is 0.895 bits per heavy atom. The Bertz CT molecular complexity index is 1770. The van der Waals surface area contributed by atoms with Crippen LogP contribution < -0.4 is 14.9 Å². The summed E-state index contributed by atoms with van der Waals surface area (Å²) in [5.41, 5.74) is -0.713. The maximum atomic E-state index is 13.8. The van der Waals surface area contributed by atoms with Crippen molar-refractivity contribution in [2.45, 2.75) is 6.18 Å². The van der Waals surface area contributed by atoms with E-state index in [1.807, 2.05) is 42.5 Å². The predicted molar refractivity (Wildman–Crippen MR) is 138 cm³/mol. The van der Waals surface area contributed by atoms with E-state index in [1.165, 1.54) is 36.4 Å². The smallest absolute Gasteiger partial charge is 0.448 e. The van der Waals surface area contributed by atoms with Gasteiger partial charge in [-0.05, 0) is 46.7 Å². The Kier molecular flexibility index (Phi) is 6.65. The summed E-state index contributed by atoms with van der Waals surface area (Å²) in [4.78, 5) is 25.4. The van der Waals surface area contributed by atoms with Crippen LogP contribution in [0.15, 0.2) is 100 Å². The summed E-state index contributed by atoms with van der Waals surface area (Å²) in [5, 5.41) is 1.73. The molecule has 9 heteroatoms. The first-order chi connectivity index (χ1) is 18.2. The van der Waals surface area contributed by atoms with Crippen molar-refractivity contribution in [1.29, 1.82) is 0 Å². The second kappa shape index (κ2) is 10.1. The molecule has 38 heavy (non-hydrogen) atoms. The van der Waals surface area contributed by atoms with Crippen LogP contribution in [0.5, 0.6) is 17.2 Å². The Labute approximate surface area is 218 Å². The maximum Gasteiger partial charge on any atom is 0.453 e. The Balaban J connectivity index is 1.46. The van der Waals surface area contributed by atoms with Crippen LogP contribution in [0.3, 0.4) is 0 Å². The summed E-state index contributed by atoms with van der Waals surface area (Å²) >= 11 is 5.98. The van der Waals surface area contributed by atoms with Crippen LogP contribution in [-0.4, -0.2) is 5.97 Å². The van der Waals surface area contributed by atoms with E-state index in [0.717, 1.165) is 22.4 Å². The molecule has 0 aliphatic carbocycles. The number of esters is 1. The van der Waals surface area contributed by atoms with Gasteiger partial charge in [-0.15, -0.1) is 0 Å². The molecule has 0 amide bonds. The topological polar surface area (TPSA) is 65.7 Å². The molecular weight excluding hydrogens is 521 g/mol. The second-order valence-corrected chi connectivity index (χ2v) is 8.51. The number of carbonyl (C=O) groups excluding carboxylic acids is 1. The minimum Gasteiger partial charge on any atom is -0.448 e.